The lowest BCUT2D eigenvalue weighted by molar-refractivity contribution is 0.275. The van der Waals surface area contributed by atoms with Crippen molar-refractivity contribution in [2.75, 3.05) is 20.8 Å². The molecule has 3 rings (SSSR count). The molecule has 0 radical (unpaired) electrons. The molecule has 0 saturated heterocycles. The largest absolute Gasteiger partial charge is 0.493 e. The zero-order chi connectivity index (χ0) is 20.6. The summed E-state index contributed by atoms with van der Waals surface area (Å²) in [5, 5.41) is 11.6. The fourth-order valence-electron chi connectivity index (χ4n) is 2.78. The second-order valence-electron chi connectivity index (χ2n) is 6.27. The zero-order valence-corrected chi connectivity index (χ0v) is 17.5. The lowest BCUT2D eigenvalue weighted by atomic mass is 10.1. The molecule has 0 aliphatic heterocycles. The molecule has 0 fully saturated rings. The van der Waals surface area contributed by atoms with Gasteiger partial charge in [0.2, 0.25) is 10.5 Å². The van der Waals surface area contributed by atoms with Crippen LogP contribution in [0.1, 0.15) is 30.3 Å². The molecular weight excluding hydrogens is 388 g/mol. The Morgan fingerprint density at radius 1 is 1.14 bits per heavy atom. The Labute approximate surface area is 174 Å². The Morgan fingerprint density at radius 3 is 2.45 bits per heavy atom. The van der Waals surface area contributed by atoms with Crippen LogP contribution in [0, 0.1) is 4.77 Å². The Hall–Kier alpha value is -3.13. The highest BCUT2D eigenvalue weighted by atomic mass is 32.1. The number of hydrogen-bond acceptors (Lipinski definition) is 6. The maximum absolute atomic E-state index is 5.78. The SMILES string of the molecule is CCCOc1c(OC)cc(/C=N\n2c(Cc3ccccc3)n[nH]c2=S)cc1OC. The van der Waals surface area contributed by atoms with Crippen LogP contribution in [0.25, 0.3) is 0 Å². The molecule has 0 saturated carbocycles. The van der Waals surface area contributed by atoms with Crippen molar-refractivity contribution < 1.29 is 14.2 Å². The van der Waals surface area contributed by atoms with Gasteiger partial charge in [-0.1, -0.05) is 37.3 Å². The van der Waals surface area contributed by atoms with Crippen LogP contribution in [0.3, 0.4) is 0 Å². The highest BCUT2D eigenvalue weighted by Crippen LogP contribution is 2.38. The summed E-state index contributed by atoms with van der Waals surface area (Å²) in [5.41, 5.74) is 1.91. The molecule has 8 heteroatoms. The van der Waals surface area contributed by atoms with E-state index in [4.69, 9.17) is 26.4 Å². The van der Waals surface area contributed by atoms with E-state index in [9.17, 15) is 0 Å². The Balaban J connectivity index is 1.90. The van der Waals surface area contributed by atoms with Crippen LogP contribution in [-0.4, -0.2) is 41.9 Å². The number of hydrogen-bond donors (Lipinski definition) is 1. The number of nitrogens with zero attached hydrogens (tertiary/aromatic N) is 3. The summed E-state index contributed by atoms with van der Waals surface area (Å²) in [5.74, 6) is 2.47. The first-order valence-electron chi connectivity index (χ1n) is 9.29. The lowest BCUT2D eigenvalue weighted by Crippen LogP contribution is -2.02. The number of H-pyrrole nitrogens is 1. The van der Waals surface area contributed by atoms with E-state index in [1.165, 1.54) is 0 Å². The molecule has 0 aliphatic carbocycles. The molecular formula is C21H24N4O3S. The Morgan fingerprint density at radius 2 is 1.83 bits per heavy atom. The minimum absolute atomic E-state index is 0.425. The monoisotopic (exact) mass is 412 g/mol. The second-order valence-corrected chi connectivity index (χ2v) is 6.65. The van der Waals surface area contributed by atoms with Crippen molar-refractivity contribution in [2.24, 2.45) is 5.10 Å². The standard InChI is InChI=1S/C21H24N4O3S/c1-4-10-28-20-17(26-2)11-16(12-18(20)27-3)14-22-25-19(23-24-21(25)29)13-15-8-6-5-7-9-15/h5-9,11-12,14H,4,10,13H2,1-3H3,(H,24,29)/b22-14-. The molecule has 1 N–H and O–H groups in total. The summed E-state index contributed by atoms with van der Waals surface area (Å²) < 4.78 is 18.8. The van der Waals surface area contributed by atoms with Gasteiger partial charge in [0.1, 0.15) is 0 Å². The number of rotatable bonds is 9. The van der Waals surface area contributed by atoms with Crippen molar-refractivity contribution >= 4 is 18.4 Å². The van der Waals surface area contributed by atoms with Gasteiger partial charge in [0.05, 0.1) is 27.0 Å². The average Bonchev–Trinajstić information content (AvgIpc) is 3.10. The summed E-state index contributed by atoms with van der Waals surface area (Å²) in [4.78, 5) is 0. The van der Waals surface area contributed by atoms with E-state index in [-0.39, 0.29) is 0 Å². The van der Waals surface area contributed by atoms with Crippen LogP contribution >= 0.6 is 12.2 Å². The van der Waals surface area contributed by atoms with Crippen molar-refractivity contribution in [1.82, 2.24) is 14.9 Å². The topological polar surface area (TPSA) is 73.7 Å². The Bertz CT molecular complexity index is 1000. The molecule has 0 bridgehead atoms. The van der Waals surface area contributed by atoms with E-state index in [0.29, 0.717) is 35.0 Å². The van der Waals surface area contributed by atoms with Crippen LogP contribution in [-0.2, 0) is 6.42 Å². The normalized spacial score (nSPS) is 11.0. The molecule has 1 aromatic heterocycles. The van der Waals surface area contributed by atoms with Crippen molar-refractivity contribution in [3.8, 4) is 17.2 Å². The van der Waals surface area contributed by atoms with Crippen LogP contribution in [0.4, 0.5) is 0 Å². The molecule has 0 amide bonds. The van der Waals surface area contributed by atoms with Gasteiger partial charge in [0.15, 0.2) is 17.3 Å². The molecule has 0 aliphatic rings. The first-order chi connectivity index (χ1) is 14.2. The van der Waals surface area contributed by atoms with Crippen LogP contribution in [0.5, 0.6) is 17.2 Å². The summed E-state index contributed by atoms with van der Waals surface area (Å²) in [7, 11) is 3.19. The molecule has 152 valence electrons. The maximum Gasteiger partial charge on any atom is 0.216 e. The van der Waals surface area contributed by atoms with E-state index in [1.54, 1.807) is 25.1 Å². The predicted molar refractivity (Wildman–Crippen MR) is 115 cm³/mol. The van der Waals surface area contributed by atoms with E-state index < -0.39 is 0 Å². The van der Waals surface area contributed by atoms with Crippen LogP contribution < -0.4 is 14.2 Å². The van der Waals surface area contributed by atoms with E-state index in [2.05, 4.69) is 15.3 Å². The summed E-state index contributed by atoms with van der Waals surface area (Å²) >= 11 is 5.33. The number of ether oxygens (including phenoxy) is 3. The van der Waals surface area contributed by atoms with Gasteiger partial charge in [-0.2, -0.15) is 14.9 Å². The van der Waals surface area contributed by atoms with Crippen molar-refractivity contribution in [2.45, 2.75) is 19.8 Å². The third kappa shape index (κ3) is 5.03. The van der Waals surface area contributed by atoms with Gasteiger partial charge in [0.25, 0.3) is 0 Å². The van der Waals surface area contributed by atoms with Gasteiger partial charge >= 0.3 is 0 Å². The van der Waals surface area contributed by atoms with Gasteiger partial charge in [0, 0.05) is 12.0 Å². The molecule has 2 aromatic carbocycles. The summed E-state index contributed by atoms with van der Waals surface area (Å²) in [6.07, 6.45) is 3.19. The number of aromatic nitrogens is 3. The molecule has 29 heavy (non-hydrogen) atoms. The number of benzene rings is 2. The molecule has 0 atom stereocenters. The smallest absolute Gasteiger partial charge is 0.216 e. The third-order valence-electron chi connectivity index (χ3n) is 4.18. The van der Waals surface area contributed by atoms with Crippen LogP contribution in [0.15, 0.2) is 47.6 Å². The summed E-state index contributed by atoms with van der Waals surface area (Å²) in [6.45, 7) is 2.62. The number of methoxy groups -OCH3 is 2. The van der Waals surface area contributed by atoms with Gasteiger partial charge in [-0.3, -0.25) is 5.10 Å². The number of nitrogens with one attached hydrogen (secondary N) is 1. The van der Waals surface area contributed by atoms with Gasteiger partial charge in [-0.05, 0) is 36.3 Å². The molecule has 0 unspecified atom stereocenters. The molecule has 0 spiro atoms. The quantitative estimate of drug-likeness (QED) is 0.421. The second kappa shape index (κ2) is 9.88. The highest BCUT2D eigenvalue weighted by molar-refractivity contribution is 7.71. The fourth-order valence-corrected chi connectivity index (χ4v) is 2.98. The fraction of sp³-hybridized carbons (Fsp3) is 0.286. The van der Waals surface area contributed by atoms with Crippen molar-refractivity contribution in [3.05, 3.63) is 64.2 Å². The van der Waals surface area contributed by atoms with E-state index in [0.717, 1.165) is 23.4 Å². The minimum atomic E-state index is 0.425. The van der Waals surface area contributed by atoms with Crippen LogP contribution in [0.2, 0.25) is 0 Å². The Kier molecular flexibility index (Phi) is 7.02. The third-order valence-corrected chi connectivity index (χ3v) is 4.44. The molecule has 3 aromatic rings. The van der Waals surface area contributed by atoms with Gasteiger partial charge in [-0.15, -0.1) is 0 Å². The van der Waals surface area contributed by atoms with Gasteiger partial charge in [-0.25, -0.2) is 0 Å². The van der Waals surface area contributed by atoms with Gasteiger partial charge < -0.3 is 14.2 Å². The highest BCUT2D eigenvalue weighted by Gasteiger charge is 2.14. The zero-order valence-electron chi connectivity index (χ0n) is 16.7. The van der Waals surface area contributed by atoms with Crippen molar-refractivity contribution in [1.29, 1.82) is 0 Å². The average molecular weight is 413 g/mol. The maximum atomic E-state index is 5.78. The first-order valence-corrected chi connectivity index (χ1v) is 9.70. The summed E-state index contributed by atoms with van der Waals surface area (Å²) in [6, 6.07) is 13.7. The lowest BCUT2D eigenvalue weighted by Gasteiger charge is -2.14. The van der Waals surface area contributed by atoms with E-state index >= 15 is 0 Å². The molecule has 1 heterocycles. The first kappa shape index (κ1) is 20.6. The predicted octanol–water partition coefficient (Wildman–Crippen LogP) is 4.22. The van der Waals surface area contributed by atoms with E-state index in [1.807, 2.05) is 49.4 Å². The van der Waals surface area contributed by atoms with Crippen molar-refractivity contribution in [3.63, 3.8) is 0 Å². The number of aromatic amines is 1. The minimum Gasteiger partial charge on any atom is -0.493 e. The molecule has 7 nitrogen and oxygen atoms in total.